The number of alkyl halides is 3. The molecule has 2 aromatic carbocycles. The summed E-state index contributed by atoms with van der Waals surface area (Å²) in [5, 5.41) is 7.86. The van der Waals surface area contributed by atoms with Crippen LogP contribution in [-0.2, 0) is 22.2 Å². The normalized spacial score (nSPS) is 11.3. The summed E-state index contributed by atoms with van der Waals surface area (Å²) in [6.45, 7) is 1.72. The van der Waals surface area contributed by atoms with Crippen molar-refractivity contribution in [2.45, 2.75) is 25.9 Å². The van der Waals surface area contributed by atoms with Crippen molar-refractivity contribution in [3.05, 3.63) is 64.1 Å². The van der Waals surface area contributed by atoms with Crippen LogP contribution < -0.4 is 10.6 Å². The summed E-state index contributed by atoms with van der Waals surface area (Å²) < 4.78 is 38.1. The molecule has 162 valence electrons. The molecule has 0 saturated heterocycles. The van der Waals surface area contributed by atoms with E-state index in [1.54, 1.807) is 30.5 Å². The second-order valence-corrected chi connectivity index (χ2v) is 7.81. The van der Waals surface area contributed by atoms with Crippen LogP contribution in [0.3, 0.4) is 0 Å². The van der Waals surface area contributed by atoms with Crippen molar-refractivity contribution in [3.8, 4) is 10.6 Å². The molecule has 2 N–H and O–H groups in total. The van der Waals surface area contributed by atoms with E-state index in [1.165, 1.54) is 23.5 Å². The summed E-state index contributed by atoms with van der Waals surface area (Å²) >= 11 is 7.35. The van der Waals surface area contributed by atoms with Gasteiger partial charge in [0.1, 0.15) is 5.01 Å². The third-order valence-corrected chi connectivity index (χ3v) is 5.47. The molecule has 3 aromatic rings. The quantitative estimate of drug-likeness (QED) is 0.466. The number of nitrogens with zero attached hydrogens (tertiary/aromatic N) is 1. The van der Waals surface area contributed by atoms with Crippen LogP contribution in [0, 0.1) is 0 Å². The highest BCUT2D eigenvalue weighted by molar-refractivity contribution is 7.13. The number of aromatic nitrogens is 1. The van der Waals surface area contributed by atoms with Crippen molar-refractivity contribution in [1.29, 1.82) is 0 Å². The van der Waals surface area contributed by atoms with E-state index in [4.69, 9.17) is 11.6 Å². The van der Waals surface area contributed by atoms with Gasteiger partial charge >= 0.3 is 6.18 Å². The number of nitrogens with one attached hydrogen (secondary N) is 2. The number of hydrogen-bond acceptors (Lipinski definition) is 4. The van der Waals surface area contributed by atoms with Crippen LogP contribution in [0.5, 0.6) is 0 Å². The number of amides is 2. The van der Waals surface area contributed by atoms with E-state index in [1.807, 2.05) is 0 Å². The molecule has 0 bridgehead atoms. The Morgan fingerprint density at radius 2 is 1.77 bits per heavy atom. The molecule has 0 aliphatic carbocycles. The maximum Gasteiger partial charge on any atom is 0.416 e. The van der Waals surface area contributed by atoms with Gasteiger partial charge in [-0.05, 0) is 30.3 Å². The Morgan fingerprint density at radius 1 is 1.06 bits per heavy atom. The van der Waals surface area contributed by atoms with Gasteiger partial charge in [0.25, 0.3) is 0 Å². The second-order valence-electron chi connectivity index (χ2n) is 6.54. The molecular weight excluding hydrogens is 451 g/mol. The van der Waals surface area contributed by atoms with E-state index >= 15 is 0 Å². The van der Waals surface area contributed by atoms with Gasteiger partial charge in [-0.15, -0.1) is 11.3 Å². The van der Waals surface area contributed by atoms with Gasteiger partial charge in [0.15, 0.2) is 0 Å². The van der Waals surface area contributed by atoms with E-state index < -0.39 is 11.7 Å². The number of carbonyl (C=O) groups is 2. The van der Waals surface area contributed by atoms with Crippen molar-refractivity contribution >= 4 is 46.1 Å². The third-order valence-electron chi connectivity index (χ3n) is 4.20. The maximum absolute atomic E-state index is 12.7. The molecule has 0 atom stereocenters. The molecule has 1 heterocycles. The van der Waals surface area contributed by atoms with Gasteiger partial charge in [-0.25, -0.2) is 4.98 Å². The SMILES string of the molecule is CCC(=O)Nc1ccc(Cl)c(NC(=O)Cc2csc(-c3ccc(C(F)(F)F)cc3)n2)c1. The smallest absolute Gasteiger partial charge is 0.326 e. The van der Waals surface area contributed by atoms with Gasteiger partial charge in [-0.3, -0.25) is 9.59 Å². The summed E-state index contributed by atoms with van der Waals surface area (Å²) in [4.78, 5) is 28.3. The number of rotatable bonds is 6. The molecular formula is C21H17ClF3N3O2S. The molecule has 1 aromatic heterocycles. The Balaban J connectivity index is 1.66. The molecule has 0 saturated carbocycles. The molecule has 3 rings (SSSR count). The Bertz CT molecular complexity index is 1100. The van der Waals surface area contributed by atoms with Crippen LogP contribution >= 0.6 is 22.9 Å². The minimum absolute atomic E-state index is 0.0426. The lowest BCUT2D eigenvalue weighted by Gasteiger charge is -2.10. The molecule has 31 heavy (non-hydrogen) atoms. The highest BCUT2D eigenvalue weighted by atomic mass is 35.5. The lowest BCUT2D eigenvalue weighted by molar-refractivity contribution is -0.137. The highest BCUT2D eigenvalue weighted by Gasteiger charge is 2.30. The minimum Gasteiger partial charge on any atom is -0.326 e. The summed E-state index contributed by atoms with van der Waals surface area (Å²) in [7, 11) is 0. The van der Waals surface area contributed by atoms with Gasteiger partial charge < -0.3 is 10.6 Å². The monoisotopic (exact) mass is 467 g/mol. The highest BCUT2D eigenvalue weighted by Crippen LogP contribution is 2.32. The maximum atomic E-state index is 12.7. The predicted molar refractivity (Wildman–Crippen MR) is 115 cm³/mol. The molecule has 0 fully saturated rings. The van der Waals surface area contributed by atoms with Crippen molar-refractivity contribution in [1.82, 2.24) is 4.98 Å². The van der Waals surface area contributed by atoms with Crippen molar-refractivity contribution < 1.29 is 22.8 Å². The van der Waals surface area contributed by atoms with Crippen LogP contribution in [0.2, 0.25) is 5.02 Å². The number of halogens is 4. The van der Waals surface area contributed by atoms with Crippen molar-refractivity contribution in [2.24, 2.45) is 0 Å². The molecule has 0 aliphatic rings. The van der Waals surface area contributed by atoms with Gasteiger partial charge in [0.05, 0.1) is 28.4 Å². The Morgan fingerprint density at radius 3 is 2.42 bits per heavy atom. The summed E-state index contributed by atoms with van der Waals surface area (Å²) in [6.07, 6.45) is -4.13. The zero-order valence-corrected chi connectivity index (χ0v) is 17.8. The molecule has 5 nitrogen and oxygen atoms in total. The fourth-order valence-corrected chi connectivity index (χ4v) is 3.62. The largest absolute Gasteiger partial charge is 0.416 e. The van der Waals surface area contributed by atoms with Gasteiger partial charge in [0, 0.05) is 23.1 Å². The third kappa shape index (κ3) is 6.05. The number of carbonyl (C=O) groups excluding carboxylic acids is 2. The summed E-state index contributed by atoms with van der Waals surface area (Å²) in [5.41, 5.74) is 1.13. The van der Waals surface area contributed by atoms with E-state index in [-0.39, 0.29) is 18.2 Å². The number of thiazole rings is 1. The number of hydrogen-bond donors (Lipinski definition) is 2. The first kappa shape index (κ1) is 22.8. The average molecular weight is 468 g/mol. The molecule has 10 heteroatoms. The molecule has 0 radical (unpaired) electrons. The molecule has 2 amide bonds. The van der Waals surface area contributed by atoms with Gasteiger partial charge in [-0.2, -0.15) is 13.2 Å². The number of anilines is 2. The summed E-state index contributed by atoms with van der Waals surface area (Å²) in [5.74, 6) is -0.539. The van der Waals surface area contributed by atoms with Crippen molar-refractivity contribution in [3.63, 3.8) is 0 Å². The Labute approximate surface area is 185 Å². The molecule has 0 aliphatic heterocycles. The first-order chi connectivity index (χ1) is 14.7. The average Bonchev–Trinajstić information content (AvgIpc) is 3.18. The van der Waals surface area contributed by atoms with E-state index in [0.29, 0.717) is 39.1 Å². The van der Waals surface area contributed by atoms with Crippen LogP contribution in [-0.4, -0.2) is 16.8 Å². The summed E-state index contributed by atoms with van der Waals surface area (Å²) in [6, 6.07) is 9.44. The van der Waals surface area contributed by atoms with E-state index in [9.17, 15) is 22.8 Å². The van der Waals surface area contributed by atoms with E-state index in [0.717, 1.165) is 12.1 Å². The topological polar surface area (TPSA) is 71.1 Å². The van der Waals surface area contributed by atoms with Gasteiger partial charge in [-0.1, -0.05) is 30.7 Å². The Hall–Kier alpha value is -2.91. The standard InChI is InChI=1S/C21H17ClF3N3O2S/c1-2-18(29)26-14-7-8-16(22)17(9-14)28-19(30)10-15-11-31-20(27-15)12-3-5-13(6-4-12)21(23,24)25/h3-9,11H,2,10H2,1H3,(H,26,29)(H,28,30). The van der Waals surface area contributed by atoms with Crippen LogP contribution in [0.1, 0.15) is 24.6 Å². The van der Waals surface area contributed by atoms with Crippen LogP contribution in [0.15, 0.2) is 47.8 Å². The molecule has 0 spiro atoms. The van der Waals surface area contributed by atoms with Gasteiger partial charge in [0.2, 0.25) is 11.8 Å². The first-order valence-corrected chi connectivity index (χ1v) is 10.4. The lowest BCUT2D eigenvalue weighted by atomic mass is 10.1. The van der Waals surface area contributed by atoms with Crippen LogP contribution in [0.4, 0.5) is 24.5 Å². The predicted octanol–water partition coefficient (Wildman–Crippen LogP) is 6.01. The zero-order valence-electron chi connectivity index (χ0n) is 16.2. The number of benzene rings is 2. The zero-order chi connectivity index (χ0) is 22.6. The fourth-order valence-electron chi connectivity index (χ4n) is 2.63. The first-order valence-electron chi connectivity index (χ1n) is 9.17. The fraction of sp³-hybridized carbons (Fsp3) is 0.190. The Kier molecular flexibility index (Phi) is 6.97. The molecule has 0 unspecified atom stereocenters. The minimum atomic E-state index is -4.40. The van der Waals surface area contributed by atoms with Crippen molar-refractivity contribution in [2.75, 3.05) is 10.6 Å². The second kappa shape index (κ2) is 9.49. The lowest BCUT2D eigenvalue weighted by Crippen LogP contribution is -2.15. The van der Waals surface area contributed by atoms with E-state index in [2.05, 4.69) is 15.6 Å². The van der Waals surface area contributed by atoms with Crippen LogP contribution in [0.25, 0.3) is 10.6 Å².